The van der Waals surface area contributed by atoms with Crippen molar-refractivity contribution in [2.45, 2.75) is 45.3 Å². The number of para-hydroxylation sites is 1. The molecule has 5 heterocycles. The summed E-state index contributed by atoms with van der Waals surface area (Å²) in [5.41, 5.74) is 4.27. The molecule has 5 atom stereocenters. The van der Waals surface area contributed by atoms with E-state index in [0.29, 0.717) is 11.9 Å². The molecule has 0 spiro atoms. The molecule has 2 bridgehead atoms. The van der Waals surface area contributed by atoms with Crippen LogP contribution in [0.1, 0.15) is 43.4 Å². The maximum absolute atomic E-state index is 6.91. The predicted octanol–water partition coefficient (Wildman–Crippen LogP) is 6.34. The van der Waals surface area contributed by atoms with E-state index in [0.717, 1.165) is 59.1 Å². The maximum Gasteiger partial charge on any atom is 0.214 e. The lowest BCUT2D eigenvalue weighted by Gasteiger charge is -2.51. The topological polar surface area (TPSA) is 47.5 Å². The van der Waals surface area contributed by atoms with Gasteiger partial charge in [0, 0.05) is 35.1 Å². The van der Waals surface area contributed by atoms with E-state index in [9.17, 15) is 0 Å². The zero-order valence-corrected chi connectivity index (χ0v) is 20.8. The Bertz CT molecular complexity index is 1370. The second-order valence-corrected chi connectivity index (χ2v) is 10.1. The SMILES string of the molecule is CC[C@H]1CN2CCC1CC2[C@@H](Oc1cc(C)c2ccccc2n1)c1ccnc2ccc(OC)cc12. The van der Waals surface area contributed by atoms with Gasteiger partial charge in [-0.25, -0.2) is 4.98 Å². The minimum absolute atomic E-state index is 0.138. The van der Waals surface area contributed by atoms with E-state index >= 15 is 0 Å². The Morgan fingerprint density at radius 2 is 1.94 bits per heavy atom. The molecule has 3 fully saturated rings. The highest BCUT2D eigenvalue weighted by atomic mass is 16.5. The number of pyridine rings is 2. The first-order valence-electron chi connectivity index (χ1n) is 12.8. The van der Waals surface area contributed by atoms with Crippen LogP contribution >= 0.6 is 0 Å². The molecule has 7 rings (SSSR count). The van der Waals surface area contributed by atoms with Gasteiger partial charge in [0.05, 0.1) is 24.2 Å². The minimum Gasteiger partial charge on any atom is -0.497 e. The second kappa shape index (κ2) is 9.12. The van der Waals surface area contributed by atoms with Crippen LogP contribution in [0.4, 0.5) is 0 Å². The van der Waals surface area contributed by atoms with Crippen molar-refractivity contribution in [2.75, 3.05) is 20.2 Å². The minimum atomic E-state index is -0.138. The molecule has 180 valence electrons. The molecule has 3 aliphatic heterocycles. The summed E-state index contributed by atoms with van der Waals surface area (Å²) in [6.45, 7) is 6.76. The molecule has 0 amide bonds. The van der Waals surface area contributed by atoms with E-state index in [1.807, 2.05) is 24.4 Å². The number of rotatable bonds is 6. The number of nitrogens with zero attached hydrogens (tertiary/aromatic N) is 3. The third-order valence-electron chi connectivity index (χ3n) is 8.25. The van der Waals surface area contributed by atoms with Gasteiger partial charge >= 0.3 is 0 Å². The summed E-state index contributed by atoms with van der Waals surface area (Å²) >= 11 is 0. The summed E-state index contributed by atoms with van der Waals surface area (Å²) in [7, 11) is 1.71. The van der Waals surface area contributed by atoms with E-state index in [-0.39, 0.29) is 6.10 Å². The third-order valence-corrected chi connectivity index (χ3v) is 8.25. The molecule has 35 heavy (non-hydrogen) atoms. The van der Waals surface area contributed by atoms with Gasteiger partial charge in [0.15, 0.2) is 0 Å². The average Bonchev–Trinajstić information content (AvgIpc) is 2.91. The van der Waals surface area contributed by atoms with Gasteiger partial charge in [0.2, 0.25) is 5.88 Å². The number of aryl methyl sites for hydroxylation is 1. The number of aromatic nitrogens is 2. The van der Waals surface area contributed by atoms with Crippen molar-refractivity contribution in [3.05, 3.63) is 71.9 Å². The number of methoxy groups -OCH3 is 1. The molecule has 3 saturated heterocycles. The number of fused-ring (bicyclic) bond motifs is 5. The summed E-state index contributed by atoms with van der Waals surface area (Å²) in [4.78, 5) is 12.2. The number of benzene rings is 2. The highest BCUT2D eigenvalue weighted by molar-refractivity contribution is 5.84. The Kier molecular flexibility index (Phi) is 5.81. The fraction of sp³-hybridized carbons (Fsp3) is 0.400. The summed E-state index contributed by atoms with van der Waals surface area (Å²) < 4.78 is 12.5. The van der Waals surface area contributed by atoms with E-state index < -0.39 is 0 Å². The lowest BCUT2D eigenvalue weighted by Crippen LogP contribution is -2.56. The Hall–Kier alpha value is -3.18. The Labute approximate surface area is 207 Å². The molecule has 2 aromatic heterocycles. The number of hydrogen-bond donors (Lipinski definition) is 0. The Balaban J connectivity index is 1.46. The summed E-state index contributed by atoms with van der Waals surface area (Å²) in [5, 5.41) is 2.26. The zero-order valence-electron chi connectivity index (χ0n) is 20.8. The van der Waals surface area contributed by atoms with Crippen LogP contribution in [0, 0.1) is 18.8 Å². The quantitative estimate of drug-likeness (QED) is 0.331. The number of hydrogen-bond acceptors (Lipinski definition) is 5. The lowest BCUT2D eigenvalue weighted by atomic mass is 9.72. The number of piperidine rings is 3. The van der Waals surface area contributed by atoms with Crippen LogP contribution in [0.5, 0.6) is 11.6 Å². The third kappa shape index (κ3) is 4.02. The fourth-order valence-corrected chi connectivity index (χ4v) is 6.34. The molecule has 5 heteroatoms. The lowest BCUT2D eigenvalue weighted by molar-refractivity contribution is -0.0492. The Morgan fingerprint density at radius 1 is 1.06 bits per heavy atom. The highest BCUT2D eigenvalue weighted by Gasteiger charge is 2.44. The van der Waals surface area contributed by atoms with Crippen molar-refractivity contribution >= 4 is 21.8 Å². The van der Waals surface area contributed by atoms with Crippen molar-refractivity contribution in [2.24, 2.45) is 11.8 Å². The normalized spacial score (nSPS) is 24.5. The average molecular weight is 468 g/mol. The van der Waals surface area contributed by atoms with Gasteiger partial charge in [0.1, 0.15) is 11.9 Å². The van der Waals surface area contributed by atoms with E-state index in [1.165, 1.54) is 23.8 Å². The van der Waals surface area contributed by atoms with E-state index in [4.69, 9.17) is 14.5 Å². The van der Waals surface area contributed by atoms with Crippen LogP contribution in [0.25, 0.3) is 21.8 Å². The Morgan fingerprint density at radius 3 is 2.74 bits per heavy atom. The molecule has 4 aromatic rings. The van der Waals surface area contributed by atoms with Gasteiger partial charge in [0.25, 0.3) is 0 Å². The zero-order chi connectivity index (χ0) is 23.9. The van der Waals surface area contributed by atoms with Crippen LogP contribution < -0.4 is 9.47 Å². The van der Waals surface area contributed by atoms with Crippen molar-refractivity contribution in [3.8, 4) is 11.6 Å². The summed E-state index contributed by atoms with van der Waals surface area (Å²) in [5.74, 6) is 3.07. The van der Waals surface area contributed by atoms with Crippen molar-refractivity contribution in [3.63, 3.8) is 0 Å². The first-order chi connectivity index (χ1) is 17.1. The fourth-order valence-electron chi connectivity index (χ4n) is 6.34. The van der Waals surface area contributed by atoms with Crippen LogP contribution in [0.15, 0.2) is 60.8 Å². The summed E-state index contributed by atoms with van der Waals surface area (Å²) in [6.07, 6.45) is 5.47. The van der Waals surface area contributed by atoms with Gasteiger partial charge in [-0.2, -0.15) is 0 Å². The van der Waals surface area contributed by atoms with Crippen LogP contribution in [-0.4, -0.2) is 41.1 Å². The van der Waals surface area contributed by atoms with Gasteiger partial charge in [-0.1, -0.05) is 31.5 Å². The first-order valence-corrected chi connectivity index (χ1v) is 12.8. The molecule has 0 aliphatic carbocycles. The molecule has 3 aliphatic rings. The summed E-state index contributed by atoms with van der Waals surface area (Å²) in [6, 6.07) is 18.9. The van der Waals surface area contributed by atoms with Gasteiger partial charge in [-0.05, 0) is 74.0 Å². The molecule has 0 saturated carbocycles. The van der Waals surface area contributed by atoms with Crippen molar-refractivity contribution < 1.29 is 9.47 Å². The van der Waals surface area contributed by atoms with Gasteiger partial charge < -0.3 is 9.47 Å². The van der Waals surface area contributed by atoms with Gasteiger partial charge in [-0.15, -0.1) is 0 Å². The molecule has 5 nitrogen and oxygen atoms in total. The van der Waals surface area contributed by atoms with Crippen LogP contribution in [0.2, 0.25) is 0 Å². The maximum atomic E-state index is 6.91. The van der Waals surface area contributed by atoms with Gasteiger partial charge in [-0.3, -0.25) is 9.88 Å². The monoisotopic (exact) mass is 467 g/mol. The molecule has 0 N–H and O–H groups in total. The van der Waals surface area contributed by atoms with Crippen molar-refractivity contribution in [1.82, 2.24) is 14.9 Å². The molecule has 3 unspecified atom stereocenters. The van der Waals surface area contributed by atoms with E-state index in [1.54, 1.807) is 7.11 Å². The number of ether oxygens (including phenoxy) is 2. The molecular weight excluding hydrogens is 434 g/mol. The van der Waals surface area contributed by atoms with Crippen LogP contribution in [-0.2, 0) is 0 Å². The second-order valence-electron chi connectivity index (χ2n) is 10.1. The van der Waals surface area contributed by atoms with Crippen molar-refractivity contribution in [1.29, 1.82) is 0 Å². The van der Waals surface area contributed by atoms with Crippen LogP contribution in [0.3, 0.4) is 0 Å². The standard InChI is InChI=1S/C30H33N3O2/c1-4-20-18-33-14-12-21(20)16-28(33)30(24-11-13-31-26-10-9-22(34-3)17-25(24)26)35-29-15-19(2)23-7-5-6-8-27(23)32-29/h5-11,13,15,17,20-21,28,30H,4,12,14,16,18H2,1-3H3/t20-,21?,28?,30-/m0/s1. The molecule has 2 aromatic carbocycles. The molecular formula is C30H33N3O2. The predicted molar refractivity (Wildman–Crippen MR) is 140 cm³/mol. The highest BCUT2D eigenvalue weighted by Crippen LogP contribution is 2.44. The smallest absolute Gasteiger partial charge is 0.214 e. The first kappa shape index (κ1) is 22.3. The van der Waals surface area contributed by atoms with E-state index in [2.05, 4.69) is 60.1 Å². The molecule has 0 radical (unpaired) electrons. The largest absolute Gasteiger partial charge is 0.497 e.